The summed E-state index contributed by atoms with van der Waals surface area (Å²) in [5, 5.41) is 6.74. The van der Waals surface area contributed by atoms with Crippen LogP contribution in [-0.4, -0.2) is 20.4 Å². The lowest BCUT2D eigenvalue weighted by Gasteiger charge is -2.06. The summed E-state index contributed by atoms with van der Waals surface area (Å²) in [5.74, 6) is 0.654. The van der Waals surface area contributed by atoms with Gasteiger partial charge in [0.2, 0.25) is 5.91 Å². The van der Waals surface area contributed by atoms with Crippen LogP contribution in [0.2, 0.25) is 0 Å². The predicted octanol–water partition coefficient (Wildman–Crippen LogP) is 5.46. The maximum Gasteiger partial charge on any atom is 0.231 e. The molecular weight excluding hydrogens is 412 g/mol. The lowest BCUT2D eigenvalue weighted by Crippen LogP contribution is -2.15. The largest absolute Gasteiger partial charge is 0.325 e. The molecule has 0 fully saturated rings. The van der Waals surface area contributed by atoms with Crippen LogP contribution in [0.15, 0.2) is 71.7 Å². The molecule has 30 heavy (non-hydrogen) atoms. The third-order valence-corrected chi connectivity index (χ3v) is 6.52. The van der Waals surface area contributed by atoms with Crippen molar-refractivity contribution in [3.8, 4) is 0 Å². The highest BCUT2D eigenvalue weighted by atomic mass is 32.2. The van der Waals surface area contributed by atoms with E-state index in [4.69, 9.17) is 4.98 Å². The van der Waals surface area contributed by atoms with Crippen LogP contribution in [0, 0.1) is 6.92 Å². The summed E-state index contributed by atoms with van der Waals surface area (Å²) in [6.07, 6.45) is 2.16. The minimum absolute atomic E-state index is 0.0503. The molecule has 152 valence electrons. The van der Waals surface area contributed by atoms with Gasteiger partial charge in [0, 0.05) is 23.4 Å². The topological polar surface area (TPSA) is 59.8 Å². The fourth-order valence-electron chi connectivity index (χ4n) is 3.15. The molecule has 0 saturated heterocycles. The van der Waals surface area contributed by atoms with Gasteiger partial charge >= 0.3 is 0 Å². The van der Waals surface area contributed by atoms with Gasteiger partial charge in [0.05, 0.1) is 23.1 Å². The maximum absolute atomic E-state index is 12.4. The number of hydrogen-bond acceptors (Lipinski definition) is 5. The van der Waals surface area contributed by atoms with Gasteiger partial charge in [-0.3, -0.25) is 4.79 Å². The number of para-hydroxylation sites is 3. The number of aromatic nitrogens is 3. The number of benzene rings is 2. The van der Waals surface area contributed by atoms with Gasteiger partial charge in [0.1, 0.15) is 5.01 Å². The normalized spacial score (nSPS) is 11.0. The molecule has 2 heterocycles. The van der Waals surface area contributed by atoms with E-state index in [0.717, 1.165) is 38.1 Å². The van der Waals surface area contributed by atoms with Crippen LogP contribution in [0.1, 0.15) is 16.3 Å². The number of nitrogens with one attached hydrogen (secondary N) is 1. The summed E-state index contributed by atoms with van der Waals surface area (Å²) in [6.45, 7) is 6.55. The van der Waals surface area contributed by atoms with Crippen LogP contribution in [0.25, 0.3) is 11.0 Å². The lowest BCUT2D eigenvalue weighted by atomic mass is 10.2. The summed E-state index contributed by atoms with van der Waals surface area (Å²) in [6, 6.07) is 15.9. The second kappa shape index (κ2) is 9.28. The van der Waals surface area contributed by atoms with Gasteiger partial charge in [-0.1, -0.05) is 48.2 Å². The van der Waals surface area contributed by atoms with Gasteiger partial charge < -0.3 is 9.88 Å². The van der Waals surface area contributed by atoms with E-state index in [1.54, 1.807) is 11.8 Å². The van der Waals surface area contributed by atoms with Crippen molar-refractivity contribution < 1.29 is 4.79 Å². The van der Waals surface area contributed by atoms with Crippen molar-refractivity contribution in [1.82, 2.24) is 14.5 Å². The first kappa shape index (κ1) is 20.4. The summed E-state index contributed by atoms with van der Waals surface area (Å²) < 4.78 is 2.16. The molecule has 0 saturated carbocycles. The van der Waals surface area contributed by atoms with Crippen molar-refractivity contribution in [3.63, 3.8) is 0 Å². The Labute approximate surface area is 183 Å². The number of nitrogens with zero attached hydrogens (tertiary/aromatic N) is 3. The van der Waals surface area contributed by atoms with Crippen molar-refractivity contribution in [3.05, 3.63) is 82.8 Å². The Morgan fingerprint density at radius 1 is 1.20 bits per heavy atom. The van der Waals surface area contributed by atoms with E-state index in [2.05, 4.69) is 27.5 Å². The molecule has 5 nitrogen and oxygen atoms in total. The van der Waals surface area contributed by atoms with Gasteiger partial charge in [0.25, 0.3) is 0 Å². The van der Waals surface area contributed by atoms with Crippen LogP contribution in [-0.2, 0) is 23.5 Å². The standard InChI is InChI=1S/C23H22N4OS2/c1-3-12-27-20-11-7-6-10-19(20)26-23(27)30-15-17-14-29-22(24-17)13-21(28)25-18-9-5-4-8-16(18)2/h3-11,14H,1,12-13,15H2,2H3,(H,25,28). The Balaban J connectivity index is 1.40. The zero-order valence-electron chi connectivity index (χ0n) is 16.7. The van der Waals surface area contributed by atoms with E-state index in [0.29, 0.717) is 12.3 Å². The number of carbonyl (C=O) groups is 1. The molecule has 2 aromatic carbocycles. The first-order valence-corrected chi connectivity index (χ1v) is 11.5. The molecule has 0 unspecified atom stereocenters. The molecule has 0 aliphatic rings. The molecule has 0 spiro atoms. The van der Waals surface area contributed by atoms with E-state index >= 15 is 0 Å². The second-order valence-electron chi connectivity index (χ2n) is 6.84. The highest BCUT2D eigenvalue weighted by Gasteiger charge is 2.13. The molecule has 7 heteroatoms. The van der Waals surface area contributed by atoms with Gasteiger partial charge in [-0.15, -0.1) is 17.9 Å². The fourth-order valence-corrected chi connectivity index (χ4v) is 4.96. The van der Waals surface area contributed by atoms with E-state index in [1.165, 1.54) is 11.3 Å². The molecule has 0 radical (unpaired) electrons. The lowest BCUT2D eigenvalue weighted by molar-refractivity contribution is -0.115. The first-order valence-electron chi connectivity index (χ1n) is 9.62. The fraction of sp³-hybridized carbons (Fsp3) is 0.174. The van der Waals surface area contributed by atoms with E-state index < -0.39 is 0 Å². The van der Waals surface area contributed by atoms with Crippen molar-refractivity contribution >= 4 is 45.7 Å². The molecule has 4 aromatic rings. The van der Waals surface area contributed by atoms with Crippen LogP contribution in [0.5, 0.6) is 0 Å². The summed E-state index contributed by atoms with van der Waals surface area (Å²) in [4.78, 5) is 21.8. The number of carbonyl (C=O) groups excluding carboxylic acids is 1. The third kappa shape index (κ3) is 4.63. The smallest absolute Gasteiger partial charge is 0.231 e. The van der Waals surface area contributed by atoms with Gasteiger partial charge in [0.15, 0.2) is 5.16 Å². The van der Waals surface area contributed by atoms with Crippen LogP contribution >= 0.6 is 23.1 Å². The molecular formula is C23H22N4OS2. The number of fused-ring (bicyclic) bond motifs is 1. The average Bonchev–Trinajstić information content (AvgIpc) is 3.33. The number of thiazole rings is 1. The molecule has 2 aromatic heterocycles. The zero-order chi connectivity index (χ0) is 20.9. The molecule has 1 amide bonds. The highest BCUT2D eigenvalue weighted by molar-refractivity contribution is 7.98. The van der Waals surface area contributed by atoms with Crippen molar-refractivity contribution in [2.45, 2.75) is 30.8 Å². The quantitative estimate of drug-likeness (QED) is 0.295. The average molecular weight is 435 g/mol. The van der Waals surface area contributed by atoms with Crippen LogP contribution in [0.3, 0.4) is 0 Å². The van der Waals surface area contributed by atoms with Gasteiger partial charge in [-0.25, -0.2) is 9.97 Å². The van der Waals surface area contributed by atoms with E-state index in [-0.39, 0.29) is 12.3 Å². The SMILES string of the molecule is C=CCn1c(SCc2csc(CC(=O)Nc3ccccc3C)n2)nc2ccccc21. The Morgan fingerprint density at radius 3 is 2.83 bits per heavy atom. The minimum atomic E-state index is -0.0503. The number of aryl methyl sites for hydroxylation is 1. The number of hydrogen-bond donors (Lipinski definition) is 1. The summed E-state index contributed by atoms with van der Waals surface area (Å²) >= 11 is 3.17. The monoisotopic (exact) mass is 434 g/mol. The number of anilines is 1. The molecule has 4 rings (SSSR count). The second-order valence-corrected chi connectivity index (χ2v) is 8.73. The third-order valence-electron chi connectivity index (χ3n) is 4.61. The number of imidazole rings is 1. The Morgan fingerprint density at radius 2 is 2.00 bits per heavy atom. The Bertz CT molecular complexity index is 1190. The Hall–Kier alpha value is -2.90. The number of allylic oxidation sites excluding steroid dienone is 1. The number of thioether (sulfide) groups is 1. The molecule has 0 aliphatic heterocycles. The number of rotatable bonds is 8. The van der Waals surface area contributed by atoms with Crippen LogP contribution < -0.4 is 5.32 Å². The summed E-state index contributed by atoms with van der Waals surface area (Å²) in [5.41, 5.74) is 4.93. The van der Waals surface area contributed by atoms with Crippen LogP contribution in [0.4, 0.5) is 5.69 Å². The van der Waals surface area contributed by atoms with Gasteiger partial charge in [-0.2, -0.15) is 0 Å². The van der Waals surface area contributed by atoms with Crippen molar-refractivity contribution in [1.29, 1.82) is 0 Å². The van der Waals surface area contributed by atoms with Crippen molar-refractivity contribution in [2.24, 2.45) is 0 Å². The first-order chi connectivity index (χ1) is 14.6. The van der Waals surface area contributed by atoms with Crippen molar-refractivity contribution in [2.75, 3.05) is 5.32 Å². The highest BCUT2D eigenvalue weighted by Crippen LogP contribution is 2.27. The molecule has 1 N–H and O–H groups in total. The number of amides is 1. The molecule has 0 aliphatic carbocycles. The predicted molar refractivity (Wildman–Crippen MR) is 125 cm³/mol. The van der Waals surface area contributed by atoms with E-state index in [1.807, 2.05) is 60.8 Å². The zero-order valence-corrected chi connectivity index (χ0v) is 18.3. The summed E-state index contributed by atoms with van der Waals surface area (Å²) in [7, 11) is 0. The molecule has 0 atom stereocenters. The van der Waals surface area contributed by atoms with E-state index in [9.17, 15) is 4.79 Å². The Kier molecular flexibility index (Phi) is 6.30. The molecule has 0 bridgehead atoms. The maximum atomic E-state index is 12.4. The van der Waals surface area contributed by atoms with Gasteiger partial charge in [-0.05, 0) is 30.7 Å². The minimum Gasteiger partial charge on any atom is -0.325 e.